The number of benzene rings is 1. The van der Waals surface area contributed by atoms with Crippen LogP contribution >= 0.6 is 0 Å². The number of hydrogen-bond acceptors (Lipinski definition) is 9. The summed E-state index contributed by atoms with van der Waals surface area (Å²) in [4.78, 5) is 29.3. The SMILES string of the molecule is CC(=O)OC(C1C[C@@H](C)C2C(O1)C(=O)C1C3CCC4C(C)(C)C(OC5CN(Cc6ccccc6)CCO5)CCC45CC35CCC12C)C(C)(C)O.CO. The summed E-state index contributed by atoms with van der Waals surface area (Å²) in [6.45, 7) is 17.6. The lowest BCUT2D eigenvalue weighted by Gasteiger charge is -2.59. The van der Waals surface area contributed by atoms with Crippen molar-refractivity contribution in [2.75, 3.05) is 26.8 Å². The Morgan fingerprint density at radius 3 is 2.48 bits per heavy atom. The van der Waals surface area contributed by atoms with Gasteiger partial charge in [-0.3, -0.25) is 14.5 Å². The van der Waals surface area contributed by atoms with Crippen LogP contribution in [-0.2, 0) is 35.1 Å². The molecule has 9 heteroatoms. The first-order valence-corrected chi connectivity index (χ1v) is 20.2. The third kappa shape index (κ3) is 6.03. The van der Waals surface area contributed by atoms with Crippen molar-refractivity contribution in [1.82, 2.24) is 4.90 Å². The minimum Gasteiger partial charge on any atom is -0.457 e. The lowest BCUT2D eigenvalue weighted by atomic mass is 9.46. The quantitative estimate of drug-likeness (QED) is 0.319. The molecule has 1 aromatic carbocycles. The van der Waals surface area contributed by atoms with Crippen LogP contribution in [0, 0.1) is 51.2 Å². The highest BCUT2D eigenvalue weighted by molar-refractivity contribution is 5.90. The number of rotatable bonds is 7. The Bertz CT molecular complexity index is 1480. The Morgan fingerprint density at radius 2 is 1.79 bits per heavy atom. The summed E-state index contributed by atoms with van der Waals surface area (Å²) < 4.78 is 25.5. The molecule has 2 N–H and O–H groups in total. The lowest BCUT2D eigenvalue weighted by molar-refractivity contribution is -0.246. The van der Waals surface area contributed by atoms with Gasteiger partial charge in [-0.25, -0.2) is 0 Å². The molecule has 12 unspecified atom stereocenters. The molecule has 5 aliphatic carbocycles. The number of ether oxygens (including phenoxy) is 4. The molecular formula is C43H65NO8. The second-order valence-corrected chi connectivity index (χ2v) is 19.1. The maximum atomic E-state index is 14.7. The standard InChI is InChI=1S/C42H61NO7.CH4O/c1-25-21-29(37(39(5,6)46)48-26(2)44)49-36-33(25)40(7)17-18-41-24-42(41)16-15-31(38(3,4)30(42)14-13-28(41)34(40)35(36)45)50-32-23-43(19-20-47-32)22-27-11-9-8-10-12-27;1-2/h8-12,25,28-34,36-37,46H,13-24H2,1-7H3;2H,1H3/t25-,28?,29?,30?,31?,32?,33?,34?,36?,37?,40?,41?,42?;/m1./s1. The molecule has 7 aliphatic rings. The topological polar surface area (TPSA) is 115 Å². The van der Waals surface area contributed by atoms with Gasteiger partial charge in [0, 0.05) is 45.5 Å². The molecule has 7 fully saturated rings. The molecule has 2 aliphatic heterocycles. The van der Waals surface area contributed by atoms with Gasteiger partial charge in [-0.1, -0.05) is 58.0 Å². The van der Waals surface area contributed by atoms with Gasteiger partial charge in [-0.2, -0.15) is 0 Å². The number of aliphatic hydroxyl groups excluding tert-OH is 1. The van der Waals surface area contributed by atoms with Crippen molar-refractivity contribution in [3.05, 3.63) is 35.9 Å². The summed E-state index contributed by atoms with van der Waals surface area (Å²) >= 11 is 0. The number of carbonyl (C=O) groups is 2. The van der Waals surface area contributed by atoms with Crippen LogP contribution in [-0.4, -0.2) is 90.0 Å². The van der Waals surface area contributed by atoms with E-state index in [9.17, 15) is 14.7 Å². The largest absolute Gasteiger partial charge is 0.457 e. The number of carbonyl (C=O) groups excluding carboxylic acids is 2. The van der Waals surface area contributed by atoms with E-state index in [1.807, 2.05) is 0 Å². The number of ketones is 1. The number of esters is 1. The zero-order valence-electron chi connectivity index (χ0n) is 32.9. The average molecular weight is 724 g/mol. The highest BCUT2D eigenvalue weighted by atomic mass is 16.7. The lowest BCUT2D eigenvalue weighted by Crippen LogP contribution is -2.57. The molecule has 290 valence electrons. The minimum absolute atomic E-state index is 0.00501. The average Bonchev–Trinajstić information content (AvgIpc) is 3.70. The van der Waals surface area contributed by atoms with E-state index in [1.54, 1.807) is 13.8 Å². The third-order valence-corrected chi connectivity index (χ3v) is 15.7. The van der Waals surface area contributed by atoms with Crippen LogP contribution in [0.15, 0.2) is 30.3 Å². The first kappa shape index (κ1) is 38.4. The van der Waals surface area contributed by atoms with Crippen molar-refractivity contribution in [1.29, 1.82) is 0 Å². The molecule has 2 heterocycles. The second-order valence-electron chi connectivity index (χ2n) is 19.1. The van der Waals surface area contributed by atoms with Crippen LogP contribution < -0.4 is 0 Å². The van der Waals surface area contributed by atoms with Gasteiger partial charge >= 0.3 is 5.97 Å². The summed E-state index contributed by atoms with van der Waals surface area (Å²) in [6.07, 6.45) is 6.80. The maximum absolute atomic E-state index is 14.7. The highest BCUT2D eigenvalue weighted by Crippen LogP contribution is 2.87. The Kier molecular flexibility index (Phi) is 10.1. The predicted octanol–water partition coefficient (Wildman–Crippen LogP) is 6.17. The number of morpholine rings is 1. The monoisotopic (exact) mass is 723 g/mol. The van der Waals surface area contributed by atoms with E-state index in [4.69, 9.17) is 24.1 Å². The van der Waals surface area contributed by atoms with Gasteiger partial charge in [-0.15, -0.1) is 0 Å². The highest BCUT2D eigenvalue weighted by Gasteiger charge is 2.82. The van der Waals surface area contributed by atoms with E-state index in [2.05, 4.69) is 62.9 Å². The van der Waals surface area contributed by atoms with Crippen molar-refractivity contribution >= 4 is 11.8 Å². The van der Waals surface area contributed by atoms with Gasteiger partial charge in [0.2, 0.25) is 0 Å². The molecule has 1 aromatic rings. The summed E-state index contributed by atoms with van der Waals surface area (Å²) in [5.74, 6) is 1.20. The van der Waals surface area contributed by atoms with Crippen LogP contribution in [0.25, 0.3) is 0 Å². The molecule has 0 amide bonds. The Morgan fingerprint density at radius 1 is 1.06 bits per heavy atom. The minimum atomic E-state index is -1.27. The van der Waals surface area contributed by atoms with Crippen molar-refractivity contribution < 1.29 is 38.7 Å². The molecular weight excluding hydrogens is 658 g/mol. The van der Waals surface area contributed by atoms with E-state index in [0.717, 1.165) is 52.4 Å². The summed E-state index contributed by atoms with van der Waals surface area (Å²) in [5.41, 5.74) is 0.509. The molecule has 8 rings (SSSR count). The molecule has 0 radical (unpaired) electrons. The molecule has 52 heavy (non-hydrogen) atoms. The molecule has 2 spiro atoms. The van der Waals surface area contributed by atoms with Crippen LogP contribution in [0.2, 0.25) is 0 Å². The summed E-state index contributed by atoms with van der Waals surface area (Å²) in [6, 6.07) is 10.7. The second kappa shape index (κ2) is 13.7. The van der Waals surface area contributed by atoms with Gasteiger partial charge < -0.3 is 29.2 Å². The van der Waals surface area contributed by atoms with Crippen molar-refractivity contribution in [3.8, 4) is 0 Å². The third-order valence-electron chi connectivity index (χ3n) is 15.7. The number of aliphatic hydroxyl groups is 2. The number of hydrogen-bond donors (Lipinski definition) is 2. The first-order valence-electron chi connectivity index (χ1n) is 20.2. The van der Waals surface area contributed by atoms with Crippen LogP contribution in [0.5, 0.6) is 0 Å². The fourth-order valence-corrected chi connectivity index (χ4v) is 13.7. The number of nitrogens with zero attached hydrogens (tertiary/aromatic N) is 1. The number of Topliss-reactive ketones (excluding diaryl/α,β-unsaturated/α-hetero) is 1. The fourth-order valence-electron chi connectivity index (χ4n) is 13.7. The first-order chi connectivity index (χ1) is 24.6. The van der Waals surface area contributed by atoms with Crippen molar-refractivity contribution in [2.45, 2.75) is 143 Å². The van der Waals surface area contributed by atoms with Crippen molar-refractivity contribution in [3.63, 3.8) is 0 Å². The van der Waals surface area contributed by atoms with Crippen LogP contribution in [0.1, 0.15) is 105 Å². The van der Waals surface area contributed by atoms with Gasteiger partial charge in [0.1, 0.15) is 6.10 Å². The van der Waals surface area contributed by atoms with Crippen molar-refractivity contribution in [2.24, 2.45) is 51.2 Å². The predicted molar refractivity (Wildman–Crippen MR) is 197 cm³/mol. The molecule has 2 saturated heterocycles. The maximum Gasteiger partial charge on any atom is 0.303 e. The summed E-state index contributed by atoms with van der Waals surface area (Å²) in [7, 11) is 1.00. The van der Waals surface area contributed by atoms with Crippen LogP contribution in [0.4, 0.5) is 0 Å². The Labute approximate surface area is 311 Å². The fraction of sp³-hybridized carbons (Fsp3) is 0.814. The normalized spacial score (nSPS) is 44.0. The zero-order valence-corrected chi connectivity index (χ0v) is 32.9. The van der Waals surface area contributed by atoms with E-state index < -0.39 is 29.9 Å². The van der Waals surface area contributed by atoms with E-state index in [-0.39, 0.29) is 57.6 Å². The molecule has 9 nitrogen and oxygen atoms in total. The Hall–Kier alpha value is -1.88. The van der Waals surface area contributed by atoms with Gasteiger partial charge in [0.05, 0.1) is 24.4 Å². The molecule has 0 aromatic heterocycles. The van der Waals surface area contributed by atoms with E-state index in [1.165, 1.54) is 31.7 Å². The zero-order chi connectivity index (χ0) is 37.4. The van der Waals surface area contributed by atoms with Crippen LogP contribution in [0.3, 0.4) is 0 Å². The van der Waals surface area contributed by atoms with Gasteiger partial charge in [-0.05, 0) is 110 Å². The smallest absolute Gasteiger partial charge is 0.303 e. The summed E-state index contributed by atoms with van der Waals surface area (Å²) in [5, 5.41) is 18.0. The van der Waals surface area contributed by atoms with Gasteiger partial charge in [0.25, 0.3) is 0 Å². The molecule has 0 bridgehead atoms. The molecule has 13 atom stereocenters. The van der Waals surface area contributed by atoms with E-state index >= 15 is 0 Å². The van der Waals surface area contributed by atoms with Gasteiger partial charge in [0.15, 0.2) is 18.2 Å². The molecule has 5 saturated carbocycles. The number of fused-ring (bicyclic) bond motifs is 4. The van der Waals surface area contributed by atoms with E-state index in [0.29, 0.717) is 24.9 Å². The Balaban J connectivity index is 0.00000207.